The van der Waals surface area contributed by atoms with Crippen LogP contribution in [0.25, 0.3) is 0 Å². The van der Waals surface area contributed by atoms with E-state index < -0.39 is 21.0 Å². The van der Waals surface area contributed by atoms with Gasteiger partial charge in [-0.15, -0.1) is 3.89 Å². The van der Waals surface area contributed by atoms with Gasteiger partial charge in [-0.05, 0) is 19.1 Å². The molecule has 2 aromatic rings. The van der Waals surface area contributed by atoms with Gasteiger partial charge in [0.05, 0.1) is 17.6 Å². The van der Waals surface area contributed by atoms with Crippen molar-refractivity contribution in [2.45, 2.75) is 11.8 Å². The number of rotatable bonds is 3. The van der Waals surface area contributed by atoms with Gasteiger partial charge in [-0.2, -0.15) is 8.42 Å². The number of amides is 1. The molecule has 0 bridgehead atoms. The number of nitrogens with one attached hydrogen (secondary N) is 1. The molecule has 1 amide bonds. The van der Waals surface area contributed by atoms with Gasteiger partial charge in [-0.1, -0.05) is 12.1 Å². The first kappa shape index (κ1) is 14.1. The van der Waals surface area contributed by atoms with Crippen molar-refractivity contribution in [3.05, 3.63) is 48.0 Å². The van der Waals surface area contributed by atoms with E-state index in [9.17, 15) is 17.1 Å². The summed E-state index contributed by atoms with van der Waals surface area (Å²) in [5.41, 5.74) is 0.484. The number of halogens is 1. The molecule has 0 spiro atoms. The van der Waals surface area contributed by atoms with Crippen LogP contribution in [-0.2, 0) is 10.2 Å². The summed E-state index contributed by atoms with van der Waals surface area (Å²) in [5, 5.41) is 2.29. The number of carbonyl (C=O) groups is 1. The molecule has 6 nitrogen and oxygen atoms in total. The van der Waals surface area contributed by atoms with Crippen LogP contribution in [-0.4, -0.2) is 24.3 Å². The highest BCUT2D eigenvalue weighted by Crippen LogP contribution is 2.22. The predicted octanol–water partition coefficient (Wildman–Crippen LogP) is 1.70. The number of carbonyl (C=O) groups excluding carboxylic acids is 1. The minimum atomic E-state index is -4.92. The molecule has 0 atom stereocenters. The summed E-state index contributed by atoms with van der Waals surface area (Å²) >= 11 is 0. The van der Waals surface area contributed by atoms with Crippen molar-refractivity contribution in [2.24, 2.45) is 0 Å². The second-order valence-electron chi connectivity index (χ2n) is 3.93. The standard InChI is InChI=1S/C12H10FN3O3S/c1-8-6-15-10(7-14-8)12(17)16-9-4-2-3-5-11(9)20(13,18)19/h2-7H,1H3,(H,16,17). The largest absolute Gasteiger partial charge is 0.334 e. The van der Waals surface area contributed by atoms with E-state index in [-0.39, 0.29) is 11.4 Å². The summed E-state index contributed by atoms with van der Waals surface area (Å²) in [5.74, 6) is -0.673. The van der Waals surface area contributed by atoms with Gasteiger partial charge in [0.25, 0.3) is 5.91 Å². The number of benzene rings is 1. The highest BCUT2D eigenvalue weighted by molar-refractivity contribution is 7.86. The van der Waals surface area contributed by atoms with Crippen LogP contribution < -0.4 is 5.32 Å². The Bertz CT molecular complexity index is 745. The summed E-state index contributed by atoms with van der Waals surface area (Å²) in [6.45, 7) is 1.71. The van der Waals surface area contributed by atoms with E-state index in [0.29, 0.717) is 5.69 Å². The summed E-state index contributed by atoms with van der Waals surface area (Å²) < 4.78 is 35.0. The van der Waals surface area contributed by atoms with E-state index in [2.05, 4.69) is 15.3 Å². The quantitative estimate of drug-likeness (QED) is 0.870. The maximum absolute atomic E-state index is 13.1. The van der Waals surface area contributed by atoms with Gasteiger partial charge < -0.3 is 5.32 Å². The topological polar surface area (TPSA) is 89.0 Å². The number of aryl methyl sites for hydroxylation is 1. The second kappa shape index (κ2) is 5.33. The molecule has 0 saturated carbocycles. The first-order valence-electron chi connectivity index (χ1n) is 5.51. The zero-order valence-corrected chi connectivity index (χ0v) is 11.2. The van der Waals surface area contributed by atoms with Crippen molar-refractivity contribution in [1.29, 1.82) is 0 Å². The third-order valence-corrected chi connectivity index (χ3v) is 3.29. The van der Waals surface area contributed by atoms with E-state index in [4.69, 9.17) is 0 Å². The molecule has 1 N–H and O–H groups in total. The Morgan fingerprint density at radius 2 is 1.90 bits per heavy atom. The average Bonchev–Trinajstić information content (AvgIpc) is 2.38. The predicted molar refractivity (Wildman–Crippen MR) is 69.5 cm³/mol. The van der Waals surface area contributed by atoms with Gasteiger partial charge in [-0.25, -0.2) is 4.98 Å². The van der Waals surface area contributed by atoms with E-state index >= 15 is 0 Å². The van der Waals surface area contributed by atoms with Crippen LogP contribution in [0.2, 0.25) is 0 Å². The molecule has 1 aromatic heterocycles. The lowest BCUT2D eigenvalue weighted by Crippen LogP contribution is -2.15. The number of anilines is 1. The van der Waals surface area contributed by atoms with Gasteiger partial charge in [0.2, 0.25) is 0 Å². The van der Waals surface area contributed by atoms with Crippen molar-refractivity contribution in [1.82, 2.24) is 9.97 Å². The molecule has 1 aromatic carbocycles. The van der Waals surface area contributed by atoms with Gasteiger partial charge >= 0.3 is 10.2 Å². The van der Waals surface area contributed by atoms with Gasteiger partial charge in [0, 0.05) is 6.20 Å². The fraction of sp³-hybridized carbons (Fsp3) is 0.0833. The van der Waals surface area contributed by atoms with Crippen LogP contribution in [0.1, 0.15) is 16.2 Å². The summed E-state index contributed by atoms with van der Waals surface area (Å²) in [6.07, 6.45) is 2.64. The number of aromatic nitrogens is 2. The summed E-state index contributed by atoms with van der Waals surface area (Å²) in [7, 11) is -4.92. The maximum Gasteiger partial charge on any atom is 0.334 e. The molecular formula is C12H10FN3O3S. The van der Waals surface area contributed by atoms with Crippen LogP contribution in [0.5, 0.6) is 0 Å². The second-order valence-corrected chi connectivity index (χ2v) is 5.25. The molecule has 20 heavy (non-hydrogen) atoms. The van der Waals surface area contributed by atoms with E-state index in [1.165, 1.54) is 30.6 Å². The summed E-state index contributed by atoms with van der Waals surface area (Å²) in [6, 6.07) is 5.18. The lowest BCUT2D eigenvalue weighted by molar-refractivity contribution is 0.102. The molecule has 0 saturated heterocycles. The van der Waals surface area contributed by atoms with Crippen molar-refractivity contribution in [2.75, 3.05) is 5.32 Å². The fourth-order valence-corrected chi connectivity index (χ4v) is 2.10. The Morgan fingerprint density at radius 1 is 1.20 bits per heavy atom. The molecule has 1 heterocycles. The molecule has 0 radical (unpaired) electrons. The molecule has 0 aliphatic carbocycles. The Morgan fingerprint density at radius 3 is 2.50 bits per heavy atom. The lowest BCUT2D eigenvalue weighted by Gasteiger charge is -2.07. The smallest absolute Gasteiger partial charge is 0.319 e. The molecule has 0 fully saturated rings. The van der Waals surface area contributed by atoms with Crippen LogP contribution >= 0.6 is 0 Å². The Hall–Kier alpha value is -2.35. The van der Waals surface area contributed by atoms with Gasteiger partial charge in [-0.3, -0.25) is 9.78 Å². The molecule has 0 unspecified atom stereocenters. The number of nitrogens with zero attached hydrogens (tertiary/aromatic N) is 2. The molecule has 8 heteroatoms. The molecule has 0 aliphatic heterocycles. The SMILES string of the molecule is Cc1cnc(C(=O)Nc2ccccc2S(=O)(=O)F)cn1. The number of hydrogen-bond acceptors (Lipinski definition) is 5. The molecule has 104 valence electrons. The Balaban J connectivity index is 2.31. The monoisotopic (exact) mass is 295 g/mol. The van der Waals surface area contributed by atoms with Crippen LogP contribution in [0.15, 0.2) is 41.6 Å². The fourth-order valence-electron chi connectivity index (χ4n) is 1.48. The molecule has 0 aliphatic rings. The Labute approximate surface area is 114 Å². The zero-order valence-electron chi connectivity index (χ0n) is 10.4. The van der Waals surface area contributed by atoms with Gasteiger partial charge in [0.1, 0.15) is 10.6 Å². The number of hydrogen-bond donors (Lipinski definition) is 1. The molecule has 2 rings (SSSR count). The first-order valence-corrected chi connectivity index (χ1v) is 6.90. The van der Waals surface area contributed by atoms with Crippen molar-refractivity contribution < 1.29 is 17.1 Å². The van der Waals surface area contributed by atoms with Crippen LogP contribution in [0.3, 0.4) is 0 Å². The average molecular weight is 295 g/mol. The highest BCUT2D eigenvalue weighted by Gasteiger charge is 2.19. The van der Waals surface area contributed by atoms with E-state index in [1.54, 1.807) is 6.92 Å². The minimum Gasteiger partial charge on any atom is -0.319 e. The van der Waals surface area contributed by atoms with Gasteiger partial charge in [0.15, 0.2) is 0 Å². The number of para-hydroxylation sites is 1. The van der Waals surface area contributed by atoms with Crippen molar-refractivity contribution in [3.8, 4) is 0 Å². The normalized spacial score (nSPS) is 11.1. The third-order valence-electron chi connectivity index (χ3n) is 2.41. The highest BCUT2D eigenvalue weighted by atomic mass is 32.3. The van der Waals surface area contributed by atoms with Crippen LogP contribution in [0, 0.1) is 6.92 Å². The minimum absolute atomic E-state index is 0.00154. The summed E-state index contributed by atoms with van der Waals surface area (Å²) in [4.78, 5) is 19.0. The van der Waals surface area contributed by atoms with E-state index in [1.807, 2.05) is 0 Å². The molecular weight excluding hydrogens is 285 g/mol. The van der Waals surface area contributed by atoms with Crippen molar-refractivity contribution >= 4 is 21.8 Å². The Kier molecular flexibility index (Phi) is 3.75. The van der Waals surface area contributed by atoms with E-state index in [0.717, 1.165) is 6.07 Å². The zero-order chi connectivity index (χ0) is 14.8. The first-order chi connectivity index (χ1) is 9.38. The van der Waals surface area contributed by atoms with Crippen molar-refractivity contribution in [3.63, 3.8) is 0 Å². The maximum atomic E-state index is 13.1. The third kappa shape index (κ3) is 3.15. The van der Waals surface area contributed by atoms with Crippen LogP contribution in [0.4, 0.5) is 9.57 Å². The lowest BCUT2D eigenvalue weighted by atomic mass is 10.3.